The molecule has 0 atom stereocenters. The van der Waals surface area contributed by atoms with E-state index < -0.39 is 0 Å². The number of hydrogen-bond acceptors (Lipinski definition) is 2. The van der Waals surface area contributed by atoms with Crippen LogP contribution in [-0.2, 0) is 0 Å². The lowest BCUT2D eigenvalue weighted by Crippen LogP contribution is -1.99. The van der Waals surface area contributed by atoms with Crippen molar-refractivity contribution in [3.63, 3.8) is 0 Å². The van der Waals surface area contributed by atoms with E-state index in [1.165, 1.54) is 44.5 Å². The van der Waals surface area contributed by atoms with Crippen LogP contribution >= 0.6 is 0 Å². The minimum absolute atomic E-state index is 0.197. The molecule has 6 aromatic rings. The first kappa shape index (κ1) is 34.9. The minimum Gasteiger partial charge on any atom is -0.354 e. The van der Waals surface area contributed by atoms with Crippen molar-refractivity contribution in [1.29, 1.82) is 0 Å². The highest BCUT2D eigenvalue weighted by Crippen LogP contribution is 2.40. The number of hydrogen-bond donors (Lipinski definition) is 2. The fourth-order valence-corrected chi connectivity index (χ4v) is 8.17. The second-order valence-electron chi connectivity index (χ2n) is 15.9. The maximum absolute atomic E-state index is 5.47. The highest BCUT2D eigenvalue weighted by molar-refractivity contribution is 5.99. The Kier molecular flexibility index (Phi) is 8.62. The molecule has 4 heteroatoms. The van der Waals surface area contributed by atoms with Crippen LogP contribution in [0, 0.1) is 58.8 Å². The third kappa shape index (κ3) is 6.41. The molecular formula is C50H46N4. The van der Waals surface area contributed by atoms with Crippen LogP contribution in [0.5, 0.6) is 0 Å². The smallest absolute Gasteiger partial charge is 0.0815 e. The Morgan fingerprint density at radius 1 is 0.463 bits per heavy atom. The van der Waals surface area contributed by atoms with Gasteiger partial charge in [0.25, 0.3) is 0 Å². The van der Waals surface area contributed by atoms with Gasteiger partial charge in [0.15, 0.2) is 0 Å². The van der Waals surface area contributed by atoms with Crippen molar-refractivity contribution in [2.45, 2.75) is 62.3 Å². The maximum Gasteiger partial charge on any atom is 0.0815 e. The predicted octanol–water partition coefficient (Wildman–Crippen LogP) is 12.9. The first-order chi connectivity index (χ1) is 25.8. The number of rotatable bonds is 3. The molecule has 0 aliphatic carbocycles. The molecule has 3 aromatic carbocycles. The van der Waals surface area contributed by atoms with E-state index >= 15 is 0 Å². The summed E-state index contributed by atoms with van der Waals surface area (Å²) in [7, 11) is 0. The number of nitrogens with one attached hydrogen (secondary N) is 2. The van der Waals surface area contributed by atoms with E-state index in [1.54, 1.807) is 0 Å². The summed E-state index contributed by atoms with van der Waals surface area (Å²) < 4.78 is 0. The number of aromatic amines is 2. The summed E-state index contributed by atoms with van der Waals surface area (Å²) in [5.74, 6) is 7.09. The van der Waals surface area contributed by atoms with Crippen molar-refractivity contribution in [2.75, 3.05) is 0 Å². The van der Waals surface area contributed by atoms with E-state index in [0.29, 0.717) is 0 Å². The van der Waals surface area contributed by atoms with Gasteiger partial charge in [-0.25, -0.2) is 9.97 Å². The van der Waals surface area contributed by atoms with Crippen LogP contribution in [0.2, 0.25) is 0 Å². The predicted molar refractivity (Wildman–Crippen MR) is 230 cm³/mol. The normalized spacial score (nSPS) is 12.2. The van der Waals surface area contributed by atoms with Crippen LogP contribution in [0.3, 0.4) is 0 Å². The fraction of sp³-hybridized carbons (Fsp3) is 0.200. The largest absolute Gasteiger partial charge is 0.354 e. The molecule has 0 amide bonds. The van der Waals surface area contributed by atoms with Gasteiger partial charge >= 0.3 is 0 Å². The van der Waals surface area contributed by atoms with Gasteiger partial charge in [-0.1, -0.05) is 77.6 Å². The van der Waals surface area contributed by atoms with E-state index in [0.717, 1.165) is 72.7 Å². The molecule has 3 aromatic heterocycles. The second-order valence-corrected chi connectivity index (χ2v) is 15.9. The van der Waals surface area contributed by atoms with Crippen molar-refractivity contribution >= 4 is 46.4 Å². The lowest BCUT2D eigenvalue weighted by atomic mass is 9.92. The lowest BCUT2D eigenvalue weighted by molar-refractivity contribution is 0.571. The zero-order valence-electron chi connectivity index (χ0n) is 32.7. The SMILES string of the molecule is Cc1cc(C)c(-c2c3nc(c(-c4ccccc4)c4ccc([nH]4)c(-c4c(C)cc(C)cc4C)c4nc(c(C#CC(C)(C)C)c5ccc2[nH]5)C=C4)C=C3)c(C)c1. The Labute approximate surface area is 318 Å². The van der Waals surface area contributed by atoms with Gasteiger partial charge in [-0.3, -0.25) is 0 Å². The summed E-state index contributed by atoms with van der Waals surface area (Å²) in [5, 5.41) is 0. The average molecular weight is 703 g/mol. The van der Waals surface area contributed by atoms with E-state index in [2.05, 4.69) is 187 Å². The van der Waals surface area contributed by atoms with Crippen LogP contribution in [0.1, 0.15) is 82.5 Å². The Balaban J connectivity index is 1.61. The summed E-state index contributed by atoms with van der Waals surface area (Å²) >= 11 is 0. The van der Waals surface area contributed by atoms with Crippen molar-refractivity contribution in [2.24, 2.45) is 5.41 Å². The summed E-state index contributed by atoms with van der Waals surface area (Å²) in [6, 6.07) is 28.3. The molecule has 5 heterocycles. The summed E-state index contributed by atoms with van der Waals surface area (Å²) in [5.41, 5.74) is 22.1. The highest BCUT2D eigenvalue weighted by atomic mass is 14.8. The maximum atomic E-state index is 5.47. The summed E-state index contributed by atoms with van der Waals surface area (Å²) in [6.45, 7) is 19.5. The Hall–Kier alpha value is -6.18. The van der Waals surface area contributed by atoms with Crippen molar-refractivity contribution < 1.29 is 0 Å². The molecule has 54 heavy (non-hydrogen) atoms. The van der Waals surface area contributed by atoms with Crippen molar-refractivity contribution in [3.05, 3.63) is 141 Å². The van der Waals surface area contributed by atoms with Crippen LogP contribution in [-0.4, -0.2) is 19.9 Å². The van der Waals surface area contributed by atoms with Gasteiger partial charge in [-0.05, 0) is 150 Å². The highest BCUT2D eigenvalue weighted by Gasteiger charge is 2.21. The molecule has 4 nitrogen and oxygen atoms in total. The van der Waals surface area contributed by atoms with Gasteiger partial charge in [0.05, 0.1) is 33.9 Å². The van der Waals surface area contributed by atoms with Gasteiger partial charge in [-0.15, -0.1) is 0 Å². The Morgan fingerprint density at radius 3 is 1.37 bits per heavy atom. The number of benzene rings is 3. The van der Waals surface area contributed by atoms with Gasteiger partial charge in [0.2, 0.25) is 0 Å². The molecule has 2 aliphatic heterocycles. The topological polar surface area (TPSA) is 57.4 Å². The Morgan fingerprint density at radius 2 is 0.870 bits per heavy atom. The minimum atomic E-state index is -0.197. The molecule has 266 valence electrons. The molecule has 0 saturated carbocycles. The zero-order valence-corrected chi connectivity index (χ0v) is 32.7. The third-order valence-electron chi connectivity index (χ3n) is 10.2. The third-order valence-corrected chi connectivity index (χ3v) is 10.2. The van der Waals surface area contributed by atoms with Gasteiger partial charge in [0, 0.05) is 38.7 Å². The second kappa shape index (κ2) is 13.3. The fourth-order valence-electron chi connectivity index (χ4n) is 8.17. The van der Waals surface area contributed by atoms with Gasteiger partial charge < -0.3 is 9.97 Å². The first-order valence-corrected chi connectivity index (χ1v) is 18.8. The molecule has 0 fully saturated rings. The van der Waals surface area contributed by atoms with E-state index in [1.807, 2.05) is 0 Å². The lowest BCUT2D eigenvalue weighted by Gasteiger charge is -2.13. The molecule has 0 saturated heterocycles. The van der Waals surface area contributed by atoms with Crippen molar-refractivity contribution in [1.82, 2.24) is 19.9 Å². The van der Waals surface area contributed by atoms with Crippen LogP contribution in [0.25, 0.3) is 79.8 Å². The van der Waals surface area contributed by atoms with E-state index in [4.69, 9.17) is 9.97 Å². The number of aryl methyl sites for hydroxylation is 6. The monoisotopic (exact) mass is 702 g/mol. The standard InChI is InChI=1S/C50H46N4/c1-29-25-31(3)45(32(4)26-29)48-41-17-15-37(51-41)36(23-24-50(7,8)9)38-16-18-42(52-38)49(46-33(5)27-30(2)28-34(46)6)44-22-20-40(54-44)47(35-13-11-10-12-14-35)39-19-21-43(48)53-39/h10-22,25-28,51,54H,1-9H3. The molecule has 0 spiro atoms. The van der Waals surface area contributed by atoms with E-state index in [9.17, 15) is 0 Å². The Bertz CT molecular complexity index is 2700. The quantitative estimate of drug-likeness (QED) is 0.180. The van der Waals surface area contributed by atoms with E-state index in [-0.39, 0.29) is 5.41 Å². The van der Waals surface area contributed by atoms with Gasteiger partial charge in [0.1, 0.15) is 0 Å². The van der Waals surface area contributed by atoms with Crippen LogP contribution in [0.15, 0.2) is 78.9 Å². The molecule has 2 N–H and O–H groups in total. The summed E-state index contributed by atoms with van der Waals surface area (Å²) in [6.07, 6.45) is 8.59. The average Bonchev–Trinajstić information content (AvgIpc) is 3.93. The molecule has 0 radical (unpaired) electrons. The molecule has 2 aliphatic rings. The number of nitrogens with zero attached hydrogens (tertiary/aromatic N) is 2. The first-order valence-electron chi connectivity index (χ1n) is 18.8. The molecular weight excluding hydrogens is 657 g/mol. The van der Waals surface area contributed by atoms with Crippen molar-refractivity contribution in [3.8, 4) is 45.2 Å². The number of aromatic nitrogens is 4. The molecule has 8 rings (SSSR count). The van der Waals surface area contributed by atoms with Gasteiger partial charge in [-0.2, -0.15) is 0 Å². The summed E-state index contributed by atoms with van der Waals surface area (Å²) in [4.78, 5) is 18.6. The number of H-pyrrole nitrogens is 2. The van der Waals surface area contributed by atoms with Crippen LogP contribution < -0.4 is 0 Å². The zero-order chi connectivity index (χ0) is 37.9. The molecule has 0 unspecified atom stereocenters. The molecule has 8 bridgehead atoms. The van der Waals surface area contributed by atoms with Crippen LogP contribution in [0.4, 0.5) is 0 Å². The number of fused-ring (bicyclic) bond motifs is 8.